The summed E-state index contributed by atoms with van der Waals surface area (Å²) in [6, 6.07) is 0. The standard InChI is InChI=1S/C4H7.Ru/c1-3-4-2;/h3-4H,1H2,2H3;/q-1;+1. The van der Waals surface area contributed by atoms with E-state index < -0.39 is 0 Å². The van der Waals surface area contributed by atoms with E-state index in [1.54, 1.807) is 6.08 Å². The van der Waals surface area contributed by atoms with Crippen molar-refractivity contribution in [1.82, 2.24) is 0 Å². The molecule has 0 unspecified atom stereocenters. The van der Waals surface area contributed by atoms with Gasteiger partial charge in [0.15, 0.2) is 0 Å². The predicted octanol–water partition coefficient (Wildman–Crippen LogP) is 1.39. The summed E-state index contributed by atoms with van der Waals surface area (Å²) in [6.07, 6.45) is 3.64. The van der Waals surface area contributed by atoms with Crippen LogP contribution in [0.4, 0.5) is 0 Å². The summed E-state index contributed by atoms with van der Waals surface area (Å²) >= 11 is 0. The SMILES string of the molecule is C=C[CH-]C.[Ru+]. The van der Waals surface area contributed by atoms with Crippen LogP contribution < -0.4 is 0 Å². The molecular weight excluding hydrogens is 149 g/mol. The summed E-state index contributed by atoms with van der Waals surface area (Å²) in [5.74, 6) is 0. The second-order valence-electron chi connectivity index (χ2n) is 0.569. The van der Waals surface area contributed by atoms with Crippen molar-refractivity contribution in [3.05, 3.63) is 19.1 Å². The average Bonchev–Trinajstić information content (AvgIpc) is 1.37. The molecule has 0 saturated heterocycles. The van der Waals surface area contributed by atoms with Crippen molar-refractivity contribution in [1.29, 1.82) is 0 Å². The number of rotatable bonds is 1. The van der Waals surface area contributed by atoms with E-state index in [4.69, 9.17) is 0 Å². The third-order valence-electron chi connectivity index (χ3n) is 0.236. The summed E-state index contributed by atoms with van der Waals surface area (Å²) in [6.45, 7) is 5.36. The second kappa shape index (κ2) is 8.87. The maximum Gasteiger partial charge on any atom is 1.00 e. The van der Waals surface area contributed by atoms with Crippen LogP contribution in [0.25, 0.3) is 0 Å². The van der Waals surface area contributed by atoms with Crippen LogP contribution in [0.3, 0.4) is 0 Å². The van der Waals surface area contributed by atoms with Gasteiger partial charge in [-0.1, -0.05) is 0 Å². The summed E-state index contributed by atoms with van der Waals surface area (Å²) < 4.78 is 0. The first-order chi connectivity index (χ1) is 1.91. The van der Waals surface area contributed by atoms with Crippen LogP contribution in [0.5, 0.6) is 0 Å². The Labute approximate surface area is 46.0 Å². The van der Waals surface area contributed by atoms with E-state index in [0.717, 1.165) is 0 Å². The first-order valence-electron chi connectivity index (χ1n) is 1.32. The Morgan fingerprint density at radius 3 is 2.00 bits per heavy atom. The molecule has 0 spiro atoms. The van der Waals surface area contributed by atoms with Gasteiger partial charge in [0.1, 0.15) is 0 Å². The third kappa shape index (κ3) is 13.9. The molecule has 0 amide bonds. The molecule has 0 aliphatic heterocycles. The van der Waals surface area contributed by atoms with Crippen LogP contribution in [0.2, 0.25) is 0 Å². The van der Waals surface area contributed by atoms with Gasteiger partial charge < -0.3 is 0 Å². The van der Waals surface area contributed by atoms with Crippen molar-refractivity contribution in [3.63, 3.8) is 0 Å². The minimum Gasteiger partial charge on any atom is -0.245 e. The van der Waals surface area contributed by atoms with E-state index in [0.29, 0.717) is 0 Å². The molecular formula is C4H7Ru. The van der Waals surface area contributed by atoms with Crippen molar-refractivity contribution in [2.75, 3.05) is 0 Å². The fourth-order valence-corrected chi connectivity index (χ4v) is 0. The molecule has 0 bridgehead atoms. The Hall–Kier alpha value is 0.233. The van der Waals surface area contributed by atoms with Gasteiger partial charge >= 0.3 is 19.5 Å². The topological polar surface area (TPSA) is 0 Å². The van der Waals surface area contributed by atoms with Gasteiger partial charge in [-0.25, -0.2) is 19.1 Å². The largest absolute Gasteiger partial charge is 1.00 e. The summed E-state index contributed by atoms with van der Waals surface area (Å²) in [4.78, 5) is 0. The maximum absolute atomic E-state index is 3.42. The van der Waals surface area contributed by atoms with Gasteiger partial charge in [-0.3, -0.25) is 0 Å². The molecule has 0 saturated carbocycles. The van der Waals surface area contributed by atoms with Gasteiger partial charge in [-0.15, -0.1) is 6.92 Å². The Morgan fingerprint density at radius 1 is 1.80 bits per heavy atom. The number of hydrogen-bond donors (Lipinski definition) is 0. The first kappa shape index (κ1) is 8.97. The van der Waals surface area contributed by atoms with Crippen molar-refractivity contribution in [2.24, 2.45) is 0 Å². The van der Waals surface area contributed by atoms with Gasteiger partial charge in [0.2, 0.25) is 0 Å². The van der Waals surface area contributed by atoms with Crippen LogP contribution in [-0.2, 0) is 19.5 Å². The molecule has 0 N–H and O–H groups in total. The number of hydrogen-bond acceptors (Lipinski definition) is 0. The molecule has 31 valence electrons. The summed E-state index contributed by atoms with van der Waals surface area (Å²) in [5.41, 5.74) is 0. The maximum atomic E-state index is 3.42. The molecule has 0 heterocycles. The molecule has 0 fully saturated rings. The molecule has 0 nitrogen and oxygen atoms in total. The van der Waals surface area contributed by atoms with Gasteiger partial charge in [0.05, 0.1) is 0 Å². The molecule has 1 heteroatoms. The van der Waals surface area contributed by atoms with E-state index in [1.807, 2.05) is 13.3 Å². The number of allylic oxidation sites excluding steroid dienone is 1. The van der Waals surface area contributed by atoms with Crippen molar-refractivity contribution >= 4 is 0 Å². The van der Waals surface area contributed by atoms with Crippen LogP contribution in [-0.4, -0.2) is 0 Å². The smallest absolute Gasteiger partial charge is 0.245 e. The second-order valence-corrected chi connectivity index (χ2v) is 0.569. The Morgan fingerprint density at radius 2 is 2.00 bits per heavy atom. The Kier molecular flexibility index (Phi) is 15.9. The van der Waals surface area contributed by atoms with E-state index >= 15 is 0 Å². The quantitative estimate of drug-likeness (QED) is 0.397. The van der Waals surface area contributed by atoms with E-state index in [-0.39, 0.29) is 19.5 Å². The van der Waals surface area contributed by atoms with Gasteiger partial charge in [-0.05, 0) is 0 Å². The summed E-state index contributed by atoms with van der Waals surface area (Å²) in [7, 11) is 0. The van der Waals surface area contributed by atoms with Gasteiger partial charge in [-0.2, -0.15) is 0 Å². The predicted molar refractivity (Wildman–Crippen MR) is 20.2 cm³/mol. The molecule has 0 aliphatic carbocycles. The van der Waals surface area contributed by atoms with Crippen molar-refractivity contribution in [2.45, 2.75) is 6.92 Å². The van der Waals surface area contributed by atoms with Crippen LogP contribution in [0.15, 0.2) is 12.7 Å². The zero-order valence-electron chi connectivity index (χ0n) is 3.22. The van der Waals surface area contributed by atoms with Crippen molar-refractivity contribution in [3.8, 4) is 0 Å². The fourth-order valence-electron chi connectivity index (χ4n) is 0. The van der Waals surface area contributed by atoms with Crippen LogP contribution >= 0.6 is 0 Å². The normalized spacial score (nSPS) is 4.20. The molecule has 1 radical (unpaired) electrons. The van der Waals surface area contributed by atoms with Gasteiger partial charge in [0.25, 0.3) is 0 Å². The molecule has 0 aromatic heterocycles. The van der Waals surface area contributed by atoms with E-state index in [9.17, 15) is 0 Å². The van der Waals surface area contributed by atoms with E-state index in [2.05, 4.69) is 6.58 Å². The Bertz CT molecular complexity index is 17.6. The first-order valence-corrected chi connectivity index (χ1v) is 1.32. The molecule has 0 aromatic rings. The zero-order valence-corrected chi connectivity index (χ0v) is 4.95. The molecule has 0 aliphatic rings. The van der Waals surface area contributed by atoms with Gasteiger partial charge in [0, 0.05) is 0 Å². The minimum atomic E-state index is 0. The zero-order chi connectivity index (χ0) is 3.41. The summed E-state index contributed by atoms with van der Waals surface area (Å²) in [5, 5.41) is 0. The monoisotopic (exact) mass is 157 g/mol. The van der Waals surface area contributed by atoms with E-state index in [1.165, 1.54) is 0 Å². The van der Waals surface area contributed by atoms with Crippen LogP contribution in [0.1, 0.15) is 6.92 Å². The van der Waals surface area contributed by atoms with Crippen molar-refractivity contribution < 1.29 is 19.5 Å². The molecule has 0 aromatic carbocycles. The minimum absolute atomic E-state index is 0. The average molecular weight is 156 g/mol. The third-order valence-corrected chi connectivity index (χ3v) is 0.236. The molecule has 5 heavy (non-hydrogen) atoms. The van der Waals surface area contributed by atoms with Crippen LogP contribution in [0, 0.1) is 6.42 Å². The Balaban J connectivity index is 0. The fraction of sp³-hybridized carbons (Fsp3) is 0.250. The molecule has 0 rings (SSSR count). The molecule has 0 atom stereocenters.